The van der Waals surface area contributed by atoms with Crippen LogP contribution in [0.3, 0.4) is 0 Å². The highest BCUT2D eigenvalue weighted by Gasteiger charge is 2.28. The van der Waals surface area contributed by atoms with Crippen LogP contribution in [0.5, 0.6) is 11.5 Å². The zero-order valence-corrected chi connectivity index (χ0v) is 16.8. The van der Waals surface area contributed by atoms with Gasteiger partial charge in [-0.1, -0.05) is 17.7 Å². The number of halogens is 1. The molecule has 0 saturated heterocycles. The largest absolute Gasteiger partial charge is 0.490 e. The molecule has 0 saturated carbocycles. The summed E-state index contributed by atoms with van der Waals surface area (Å²) >= 11 is 5.91. The monoisotopic (exact) mass is 413 g/mol. The lowest BCUT2D eigenvalue weighted by atomic mass is 10.1. The van der Waals surface area contributed by atoms with Crippen LogP contribution in [0.15, 0.2) is 53.1 Å². The van der Waals surface area contributed by atoms with Crippen molar-refractivity contribution in [3.8, 4) is 11.5 Å². The summed E-state index contributed by atoms with van der Waals surface area (Å²) in [4.78, 5) is 23.8. The molecule has 0 aliphatic carbocycles. The van der Waals surface area contributed by atoms with Gasteiger partial charge in [0.05, 0.1) is 23.6 Å². The van der Waals surface area contributed by atoms with Crippen molar-refractivity contribution in [1.29, 1.82) is 0 Å². The third-order valence-corrected chi connectivity index (χ3v) is 4.33. The van der Waals surface area contributed by atoms with Gasteiger partial charge in [0.1, 0.15) is 0 Å². The molecule has 1 aliphatic rings. The molecule has 0 aromatic heterocycles. The Bertz CT molecular complexity index is 999. The molecule has 2 N–H and O–H groups in total. The molecule has 0 radical (unpaired) electrons. The molecule has 2 amide bonds. The molecule has 1 aliphatic heterocycles. The van der Waals surface area contributed by atoms with E-state index < -0.39 is 5.91 Å². The van der Waals surface area contributed by atoms with Crippen LogP contribution in [0.1, 0.15) is 19.4 Å². The maximum Gasteiger partial charge on any atom is 0.280 e. The van der Waals surface area contributed by atoms with Gasteiger partial charge in [-0.15, -0.1) is 0 Å². The Labute approximate surface area is 173 Å². The van der Waals surface area contributed by atoms with Crippen LogP contribution in [-0.4, -0.2) is 30.7 Å². The van der Waals surface area contributed by atoms with E-state index in [1.807, 2.05) is 6.92 Å². The van der Waals surface area contributed by atoms with Crippen molar-refractivity contribution >= 4 is 40.9 Å². The number of carbonyl (C=O) groups is 2. The van der Waals surface area contributed by atoms with Crippen molar-refractivity contribution in [3.05, 3.63) is 58.6 Å². The van der Waals surface area contributed by atoms with E-state index in [-0.39, 0.29) is 12.5 Å². The van der Waals surface area contributed by atoms with Crippen molar-refractivity contribution < 1.29 is 19.1 Å². The Morgan fingerprint density at radius 3 is 2.55 bits per heavy atom. The van der Waals surface area contributed by atoms with Crippen molar-refractivity contribution in [2.24, 2.45) is 10.8 Å². The van der Waals surface area contributed by atoms with Gasteiger partial charge in [0.25, 0.3) is 11.8 Å². The summed E-state index contributed by atoms with van der Waals surface area (Å²) < 4.78 is 11.0. The van der Waals surface area contributed by atoms with E-state index in [0.717, 1.165) is 5.56 Å². The van der Waals surface area contributed by atoms with Gasteiger partial charge in [0.15, 0.2) is 18.1 Å². The van der Waals surface area contributed by atoms with Gasteiger partial charge in [-0.3, -0.25) is 9.59 Å². The van der Waals surface area contributed by atoms with Crippen LogP contribution in [0.2, 0.25) is 5.02 Å². The van der Waals surface area contributed by atoms with E-state index in [1.54, 1.807) is 55.5 Å². The number of amides is 2. The Kier molecular flexibility index (Phi) is 6.19. The quantitative estimate of drug-likeness (QED) is 0.704. The highest BCUT2D eigenvalue weighted by molar-refractivity contribution is 6.32. The number of ether oxygens (including phenoxy) is 2. The van der Waals surface area contributed by atoms with Crippen LogP contribution in [-0.2, 0) is 9.59 Å². The number of hydrogen-bond donors (Lipinski definition) is 1. The Morgan fingerprint density at radius 2 is 1.90 bits per heavy atom. The number of nitrogens with two attached hydrogens (primary N) is 1. The fourth-order valence-corrected chi connectivity index (χ4v) is 2.89. The molecule has 2 aromatic rings. The standard InChI is InChI=1S/C21H20ClN3O4/c1-3-28-19-11-14(4-9-18(19)29-12-20(23)26)10-17-13(2)24-25(21(17)27)16-7-5-15(22)6-8-16/h4-11H,3,12H2,1-2H3,(H2,23,26)/b17-10+. The SMILES string of the molecule is CCOc1cc(/C=C2/C(=O)N(c3ccc(Cl)cc3)N=C2C)ccc1OCC(N)=O. The predicted octanol–water partition coefficient (Wildman–Crippen LogP) is 3.41. The summed E-state index contributed by atoms with van der Waals surface area (Å²) in [5, 5.41) is 6.27. The molecule has 0 unspecified atom stereocenters. The molecule has 0 fully saturated rings. The van der Waals surface area contributed by atoms with Gasteiger partial charge >= 0.3 is 0 Å². The van der Waals surface area contributed by atoms with Gasteiger partial charge in [0.2, 0.25) is 0 Å². The molecular formula is C21H20ClN3O4. The first-order valence-corrected chi connectivity index (χ1v) is 9.32. The second kappa shape index (κ2) is 8.79. The van der Waals surface area contributed by atoms with E-state index >= 15 is 0 Å². The molecule has 7 nitrogen and oxygen atoms in total. The molecule has 1 heterocycles. The van der Waals surface area contributed by atoms with E-state index in [0.29, 0.717) is 40.1 Å². The Morgan fingerprint density at radius 1 is 1.17 bits per heavy atom. The second-order valence-electron chi connectivity index (χ2n) is 6.23. The normalized spacial score (nSPS) is 14.9. The minimum absolute atomic E-state index is 0.239. The lowest BCUT2D eigenvalue weighted by molar-refractivity contribution is -0.120. The van der Waals surface area contributed by atoms with Crippen LogP contribution in [0.25, 0.3) is 6.08 Å². The summed E-state index contributed by atoms with van der Waals surface area (Å²) in [6, 6.07) is 12.0. The number of hydrazone groups is 1. The average Bonchev–Trinajstić information content (AvgIpc) is 2.96. The third kappa shape index (κ3) is 4.75. The molecular weight excluding hydrogens is 394 g/mol. The summed E-state index contributed by atoms with van der Waals surface area (Å²) in [6.07, 6.45) is 1.73. The fourth-order valence-electron chi connectivity index (χ4n) is 2.76. The zero-order chi connectivity index (χ0) is 21.0. The van der Waals surface area contributed by atoms with Crippen molar-refractivity contribution in [1.82, 2.24) is 0 Å². The van der Waals surface area contributed by atoms with Gasteiger partial charge < -0.3 is 15.2 Å². The maximum absolute atomic E-state index is 12.9. The zero-order valence-electron chi connectivity index (χ0n) is 16.0. The highest BCUT2D eigenvalue weighted by atomic mass is 35.5. The van der Waals surface area contributed by atoms with Crippen molar-refractivity contribution in [2.75, 3.05) is 18.2 Å². The van der Waals surface area contributed by atoms with E-state index in [4.69, 9.17) is 26.8 Å². The summed E-state index contributed by atoms with van der Waals surface area (Å²) in [5.41, 5.74) is 7.55. The lowest BCUT2D eigenvalue weighted by Gasteiger charge is -2.12. The van der Waals surface area contributed by atoms with Gasteiger partial charge in [-0.2, -0.15) is 10.1 Å². The minimum Gasteiger partial charge on any atom is -0.490 e. The average molecular weight is 414 g/mol. The van der Waals surface area contributed by atoms with Gasteiger partial charge in [-0.05, 0) is 61.9 Å². The number of primary amides is 1. The second-order valence-corrected chi connectivity index (χ2v) is 6.67. The number of rotatable bonds is 7. The fraction of sp³-hybridized carbons (Fsp3) is 0.190. The smallest absolute Gasteiger partial charge is 0.280 e. The molecule has 150 valence electrons. The van der Waals surface area contributed by atoms with E-state index in [9.17, 15) is 9.59 Å². The minimum atomic E-state index is -0.579. The topological polar surface area (TPSA) is 94.2 Å². The first kappa shape index (κ1) is 20.4. The molecule has 29 heavy (non-hydrogen) atoms. The number of anilines is 1. The molecule has 2 aromatic carbocycles. The number of nitrogens with zero attached hydrogens (tertiary/aromatic N) is 2. The molecule has 0 atom stereocenters. The third-order valence-electron chi connectivity index (χ3n) is 4.08. The van der Waals surface area contributed by atoms with E-state index in [1.165, 1.54) is 5.01 Å². The maximum atomic E-state index is 12.9. The summed E-state index contributed by atoms with van der Waals surface area (Å²) in [6.45, 7) is 3.77. The van der Waals surface area contributed by atoms with Crippen molar-refractivity contribution in [2.45, 2.75) is 13.8 Å². The Balaban J connectivity index is 1.88. The van der Waals surface area contributed by atoms with Crippen LogP contribution in [0, 0.1) is 0 Å². The van der Waals surface area contributed by atoms with Crippen LogP contribution in [0.4, 0.5) is 5.69 Å². The lowest BCUT2D eigenvalue weighted by Crippen LogP contribution is -2.21. The molecule has 0 spiro atoms. The van der Waals surface area contributed by atoms with E-state index in [2.05, 4.69) is 5.10 Å². The number of benzene rings is 2. The van der Waals surface area contributed by atoms with Gasteiger partial charge in [-0.25, -0.2) is 0 Å². The molecule has 8 heteroatoms. The predicted molar refractivity (Wildman–Crippen MR) is 112 cm³/mol. The first-order valence-electron chi connectivity index (χ1n) is 8.94. The summed E-state index contributed by atoms with van der Waals surface area (Å²) in [5.74, 6) is 0.0394. The Hall–Kier alpha value is -3.32. The molecule has 0 bridgehead atoms. The van der Waals surface area contributed by atoms with Gasteiger partial charge in [0, 0.05) is 5.02 Å². The molecule has 3 rings (SSSR count). The highest BCUT2D eigenvalue weighted by Crippen LogP contribution is 2.31. The summed E-state index contributed by atoms with van der Waals surface area (Å²) in [7, 11) is 0. The number of hydrogen-bond acceptors (Lipinski definition) is 5. The number of carbonyl (C=O) groups excluding carboxylic acids is 2. The van der Waals surface area contributed by atoms with Crippen molar-refractivity contribution in [3.63, 3.8) is 0 Å². The first-order chi connectivity index (χ1) is 13.9. The van der Waals surface area contributed by atoms with Crippen LogP contribution >= 0.6 is 11.6 Å². The van der Waals surface area contributed by atoms with Crippen LogP contribution < -0.4 is 20.2 Å².